The lowest BCUT2D eigenvalue weighted by Gasteiger charge is -2.11. The van der Waals surface area contributed by atoms with E-state index in [0.717, 1.165) is 6.07 Å². The number of carboxylic acids is 1. The number of halogens is 1. The maximum Gasteiger partial charge on any atom is 0.335 e. The molecule has 0 amide bonds. The van der Waals surface area contributed by atoms with Crippen LogP contribution in [0.4, 0.5) is 4.39 Å². The largest absolute Gasteiger partial charge is 0.491 e. The van der Waals surface area contributed by atoms with Gasteiger partial charge in [0.25, 0.3) is 0 Å². The lowest BCUT2D eigenvalue weighted by atomic mass is 10.0. The minimum Gasteiger partial charge on any atom is -0.491 e. The van der Waals surface area contributed by atoms with E-state index in [1.54, 1.807) is 24.3 Å². The Morgan fingerprint density at radius 3 is 2.55 bits per heavy atom. The van der Waals surface area contributed by atoms with Gasteiger partial charge in [-0.15, -0.1) is 0 Å². The molecule has 0 atom stereocenters. The zero-order valence-corrected chi connectivity index (χ0v) is 11.3. The molecular weight excluding hydrogens is 259 g/mol. The van der Waals surface area contributed by atoms with E-state index in [9.17, 15) is 9.18 Å². The third kappa shape index (κ3) is 3.15. The van der Waals surface area contributed by atoms with Crippen LogP contribution in [-0.4, -0.2) is 17.2 Å². The third-order valence-electron chi connectivity index (χ3n) is 2.73. The van der Waals surface area contributed by atoms with Gasteiger partial charge in [-0.2, -0.15) is 0 Å². The molecule has 0 unspecified atom stereocenters. The second-order valence-corrected chi connectivity index (χ2v) is 4.69. The molecule has 0 bridgehead atoms. The first-order valence-corrected chi connectivity index (χ1v) is 6.27. The summed E-state index contributed by atoms with van der Waals surface area (Å²) in [5, 5.41) is 8.83. The molecular formula is C16H15FO3. The minimum absolute atomic E-state index is 0.0319. The minimum atomic E-state index is -1.15. The van der Waals surface area contributed by atoms with E-state index in [-0.39, 0.29) is 11.7 Å². The highest BCUT2D eigenvalue weighted by molar-refractivity contribution is 5.88. The molecule has 0 aliphatic rings. The highest BCUT2D eigenvalue weighted by Crippen LogP contribution is 2.27. The van der Waals surface area contributed by atoms with Crippen LogP contribution in [-0.2, 0) is 0 Å². The van der Waals surface area contributed by atoms with E-state index in [1.165, 1.54) is 12.1 Å². The second kappa shape index (κ2) is 5.74. The first-order chi connectivity index (χ1) is 9.47. The molecule has 20 heavy (non-hydrogen) atoms. The summed E-state index contributed by atoms with van der Waals surface area (Å²) in [5.74, 6) is -1.06. The van der Waals surface area contributed by atoms with Gasteiger partial charge in [-0.05, 0) is 43.7 Å². The molecule has 3 nitrogen and oxygen atoms in total. The summed E-state index contributed by atoms with van der Waals surface area (Å²) < 4.78 is 19.5. The van der Waals surface area contributed by atoms with Crippen LogP contribution >= 0.6 is 0 Å². The highest BCUT2D eigenvalue weighted by atomic mass is 19.1. The predicted octanol–water partition coefficient (Wildman–Crippen LogP) is 3.98. The average Bonchev–Trinajstić information content (AvgIpc) is 2.38. The number of carboxylic acid groups (broad SMARTS) is 1. The average molecular weight is 274 g/mol. The fourth-order valence-electron chi connectivity index (χ4n) is 1.89. The van der Waals surface area contributed by atoms with E-state index < -0.39 is 11.8 Å². The van der Waals surface area contributed by atoms with Crippen molar-refractivity contribution in [1.29, 1.82) is 0 Å². The Balaban J connectivity index is 2.38. The monoisotopic (exact) mass is 274 g/mol. The molecule has 0 fully saturated rings. The van der Waals surface area contributed by atoms with Crippen LogP contribution in [0.15, 0.2) is 42.5 Å². The van der Waals surface area contributed by atoms with Crippen molar-refractivity contribution < 1.29 is 19.0 Å². The maximum atomic E-state index is 14.0. The fourth-order valence-corrected chi connectivity index (χ4v) is 1.89. The quantitative estimate of drug-likeness (QED) is 0.917. The predicted molar refractivity (Wildman–Crippen MR) is 74.6 cm³/mol. The summed E-state index contributed by atoms with van der Waals surface area (Å²) in [7, 11) is 0. The molecule has 0 saturated heterocycles. The van der Waals surface area contributed by atoms with E-state index in [1.807, 2.05) is 13.8 Å². The van der Waals surface area contributed by atoms with E-state index in [4.69, 9.17) is 9.84 Å². The molecule has 0 aliphatic carbocycles. The standard InChI is InChI=1S/C16H15FO3/c1-10(2)20-13-5-3-4-11(8-13)14-7-6-12(16(18)19)9-15(14)17/h3-10H,1-2H3,(H,18,19). The van der Waals surface area contributed by atoms with E-state index in [0.29, 0.717) is 16.9 Å². The van der Waals surface area contributed by atoms with Crippen LogP contribution in [0.25, 0.3) is 11.1 Å². The number of hydrogen-bond donors (Lipinski definition) is 1. The SMILES string of the molecule is CC(C)Oc1cccc(-c2ccc(C(=O)O)cc2F)c1. The van der Waals surface area contributed by atoms with Gasteiger partial charge in [-0.3, -0.25) is 0 Å². The van der Waals surface area contributed by atoms with Crippen LogP contribution in [0.2, 0.25) is 0 Å². The van der Waals surface area contributed by atoms with Crippen molar-refractivity contribution in [2.75, 3.05) is 0 Å². The van der Waals surface area contributed by atoms with Crippen LogP contribution in [0.5, 0.6) is 5.75 Å². The van der Waals surface area contributed by atoms with Crippen LogP contribution in [0, 0.1) is 5.82 Å². The van der Waals surface area contributed by atoms with Gasteiger partial charge in [-0.25, -0.2) is 9.18 Å². The Labute approximate surface area is 116 Å². The zero-order valence-electron chi connectivity index (χ0n) is 11.3. The summed E-state index contributed by atoms with van der Waals surface area (Å²) in [6.45, 7) is 3.82. The van der Waals surface area contributed by atoms with Crippen LogP contribution in [0.1, 0.15) is 24.2 Å². The van der Waals surface area contributed by atoms with Crippen molar-refractivity contribution in [3.8, 4) is 16.9 Å². The first kappa shape index (κ1) is 14.1. The molecule has 0 aliphatic heterocycles. The number of aromatic carboxylic acids is 1. The van der Waals surface area contributed by atoms with Crippen molar-refractivity contribution in [1.82, 2.24) is 0 Å². The van der Waals surface area contributed by atoms with Gasteiger partial charge in [0.05, 0.1) is 11.7 Å². The molecule has 0 saturated carbocycles. The summed E-state index contributed by atoms with van der Waals surface area (Å²) in [6.07, 6.45) is 0.0319. The van der Waals surface area contributed by atoms with Crippen LogP contribution in [0.3, 0.4) is 0 Å². The van der Waals surface area contributed by atoms with E-state index >= 15 is 0 Å². The van der Waals surface area contributed by atoms with Crippen molar-refractivity contribution in [2.24, 2.45) is 0 Å². The fraction of sp³-hybridized carbons (Fsp3) is 0.188. The summed E-state index contributed by atoms with van der Waals surface area (Å²) in [5.41, 5.74) is 0.933. The number of hydrogen-bond acceptors (Lipinski definition) is 2. The lowest BCUT2D eigenvalue weighted by Crippen LogP contribution is -2.05. The second-order valence-electron chi connectivity index (χ2n) is 4.69. The molecule has 2 aromatic rings. The molecule has 4 heteroatoms. The summed E-state index contributed by atoms with van der Waals surface area (Å²) in [4.78, 5) is 10.8. The normalized spacial score (nSPS) is 10.6. The molecule has 2 aromatic carbocycles. The third-order valence-corrected chi connectivity index (χ3v) is 2.73. The number of ether oxygens (including phenoxy) is 1. The molecule has 0 heterocycles. The van der Waals surface area contributed by atoms with Gasteiger partial charge >= 0.3 is 5.97 Å². The number of benzene rings is 2. The molecule has 1 N–H and O–H groups in total. The Morgan fingerprint density at radius 2 is 1.95 bits per heavy atom. The lowest BCUT2D eigenvalue weighted by molar-refractivity contribution is 0.0696. The van der Waals surface area contributed by atoms with E-state index in [2.05, 4.69) is 0 Å². The summed E-state index contributed by atoms with van der Waals surface area (Å²) in [6, 6.07) is 10.9. The summed E-state index contributed by atoms with van der Waals surface area (Å²) >= 11 is 0. The van der Waals surface area contributed by atoms with Crippen LogP contribution < -0.4 is 4.74 Å². The van der Waals surface area contributed by atoms with Crippen molar-refractivity contribution in [3.63, 3.8) is 0 Å². The van der Waals surface area contributed by atoms with Gasteiger partial charge in [0.1, 0.15) is 11.6 Å². The first-order valence-electron chi connectivity index (χ1n) is 6.27. The van der Waals surface area contributed by atoms with Crippen molar-refractivity contribution in [2.45, 2.75) is 20.0 Å². The van der Waals surface area contributed by atoms with Gasteiger partial charge in [0, 0.05) is 5.56 Å². The molecule has 0 spiro atoms. The Bertz CT molecular complexity index is 635. The molecule has 104 valence electrons. The number of carbonyl (C=O) groups is 1. The molecule has 0 aromatic heterocycles. The topological polar surface area (TPSA) is 46.5 Å². The van der Waals surface area contributed by atoms with Gasteiger partial charge in [0.15, 0.2) is 0 Å². The molecule has 0 radical (unpaired) electrons. The maximum absolute atomic E-state index is 14.0. The smallest absolute Gasteiger partial charge is 0.335 e. The van der Waals surface area contributed by atoms with Gasteiger partial charge in [0.2, 0.25) is 0 Å². The zero-order chi connectivity index (χ0) is 14.7. The van der Waals surface area contributed by atoms with Crippen molar-refractivity contribution in [3.05, 3.63) is 53.8 Å². The Hall–Kier alpha value is -2.36. The Kier molecular flexibility index (Phi) is 4.03. The highest BCUT2D eigenvalue weighted by Gasteiger charge is 2.10. The van der Waals surface area contributed by atoms with Crippen molar-refractivity contribution >= 4 is 5.97 Å². The van der Waals surface area contributed by atoms with Gasteiger partial charge in [-0.1, -0.05) is 18.2 Å². The molecule has 2 rings (SSSR count). The number of rotatable bonds is 4. The Morgan fingerprint density at radius 1 is 1.20 bits per heavy atom. The van der Waals surface area contributed by atoms with Gasteiger partial charge < -0.3 is 9.84 Å².